The number of amides is 1. The minimum Gasteiger partial charge on any atom is -0.507 e. The third kappa shape index (κ3) is 2.76. The van der Waals surface area contributed by atoms with Crippen molar-refractivity contribution >= 4 is 17.5 Å². The van der Waals surface area contributed by atoms with Gasteiger partial charge in [-0.1, -0.05) is 16.8 Å². The summed E-state index contributed by atoms with van der Waals surface area (Å²) in [7, 11) is 0. The topological polar surface area (TPSA) is 75.4 Å². The van der Waals surface area contributed by atoms with Gasteiger partial charge in [-0.2, -0.15) is 0 Å². The van der Waals surface area contributed by atoms with Gasteiger partial charge in [-0.15, -0.1) is 0 Å². The number of halogens is 1. The lowest BCUT2D eigenvalue weighted by molar-refractivity contribution is 0.0947. The van der Waals surface area contributed by atoms with E-state index in [1.165, 1.54) is 24.5 Å². The Morgan fingerprint density at radius 1 is 1.47 bits per heavy atom. The molecule has 88 valence electrons. The largest absolute Gasteiger partial charge is 0.507 e. The Hall–Kier alpha value is -2.01. The van der Waals surface area contributed by atoms with E-state index in [1.54, 1.807) is 6.07 Å². The van der Waals surface area contributed by atoms with Crippen LogP contribution in [0.2, 0.25) is 5.02 Å². The molecule has 2 aromatic rings. The fourth-order valence-corrected chi connectivity index (χ4v) is 1.46. The Kier molecular flexibility index (Phi) is 3.30. The van der Waals surface area contributed by atoms with Crippen LogP contribution in [0.3, 0.4) is 0 Å². The fourth-order valence-electron chi connectivity index (χ4n) is 1.29. The number of phenols is 1. The quantitative estimate of drug-likeness (QED) is 0.876. The number of rotatable bonds is 3. The maximum atomic E-state index is 11.7. The highest BCUT2D eigenvalue weighted by Crippen LogP contribution is 2.21. The predicted octanol–water partition coefficient (Wildman–Crippen LogP) is 1.96. The van der Waals surface area contributed by atoms with Gasteiger partial charge in [0.2, 0.25) is 0 Å². The van der Waals surface area contributed by atoms with Crippen molar-refractivity contribution in [3.05, 3.63) is 46.8 Å². The number of hydrogen-bond acceptors (Lipinski definition) is 4. The fraction of sp³-hybridized carbons (Fsp3) is 0.0909. The van der Waals surface area contributed by atoms with Crippen molar-refractivity contribution in [1.29, 1.82) is 0 Å². The van der Waals surface area contributed by atoms with E-state index in [1.807, 2.05) is 0 Å². The maximum absolute atomic E-state index is 11.7. The molecule has 0 fully saturated rings. The number of hydrogen-bond donors (Lipinski definition) is 2. The summed E-state index contributed by atoms with van der Waals surface area (Å²) in [6.45, 7) is 0.234. The molecule has 0 unspecified atom stereocenters. The highest BCUT2D eigenvalue weighted by atomic mass is 35.5. The van der Waals surface area contributed by atoms with Crippen LogP contribution < -0.4 is 5.32 Å². The van der Waals surface area contributed by atoms with E-state index in [0.29, 0.717) is 10.7 Å². The van der Waals surface area contributed by atoms with Crippen LogP contribution in [0.4, 0.5) is 0 Å². The molecule has 1 aromatic carbocycles. The average Bonchev–Trinajstić information content (AvgIpc) is 2.78. The minimum atomic E-state index is -0.401. The van der Waals surface area contributed by atoms with Crippen LogP contribution in [0, 0.1) is 0 Å². The van der Waals surface area contributed by atoms with Gasteiger partial charge < -0.3 is 14.9 Å². The second-order valence-corrected chi connectivity index (χ2v) is 3.77. The summed E-state index contributed by atoms with van der Waals surface area (Å²) < 4.78 is 4.62. The highest BCUT2D eigenvalue weighted by Gasteiger charge is 2.11. The molecule has 1 aromatic heterocycles. The molecule has 0 aliphatic carbocycles. The number of aromatic nitrogens is 1. The zero-order valence-corrected chi connectivity index (χ0v) is 9.44. The summed E-state index contributed by atoms with van der Waals surface area (Å²) >= 11 is 5.67. The molecule has 0 spiro atoms. The summed E-state index contributed by atoms with van der Waals surface area (Å²) in [5, 5.41) is 16.2. The van der Waals surface area contributed by atoms with Crippen molar-refractivity contribution in [1.82, 2.24) is 10.5 Å². The van der Waals surface area contributed by atoms with Crippen LogP contribution in [0.25, 0.3) is 0 Å². The molecule has 2 N–H and O–H groups in total. The van der Waals surface area contributed by atoms with E-state index >= 15 is 0 Å². The SMILES string of the molecule is O=C(NCc1ccon1)c1ccc(Cl)cc1O. The Morgan fingerprint density at radius 2 is 2.29 bits per heavy atom. The van der Waals surface area contributed by atoms with E-state index in [2.05, 4.69) is 15.0 Å². The van der Waals surface area contributed by atoms with Crippen molar-refractivity contribution < 1.29 is 14.4 Å². The number of nitrogens with zero attached hydrogens (tertiary/aromatic N) is 1. The van der Waals surface area contributed by atoms with Crippen molar-refractivity contribution in [2.75, 3.05) is 0 Å². The van der Waals surface area contributed by atoms with Crippen LogP contribution in [0.5, 0.6) is 5.75 Å². The molecule has 1 heterocycles. The van der Waals surface area contributed by atoms with E-state index in [-0.39, 0.29) is 17.9 Å². The van der Waals surface area contributed by atoms with E-state index < -0.39 is 5.91 Å². The van der Waals surface area contributed by atoms with Gasteiger partial charge in [0.25, 0.3) is 5.91 Å². The first-order valence-electron chi connectivity index (χ1n) is 4.83. The summed E-state index contributed by atoms with van der Waals surface area (Å²) in [6, 6.07) is 5.94. The van der Waals surface area contributed by atoms with Crippen LogP contribution in [-0.2, 0) is 6.54 Å². The number of nitrogens with one attached hydrogen (secondary N) is 1. The molecule has 17 heavy (non-hydrogen) atoms. The number of aromatic hydroxyl groups is 1. The number of carbonyl (C=O) groups excluding carboxylic acids is 1. The molecule has 0 saturated carbocycles. The van der Waals surface area contributed by atoms with Crippen molar-refractivity contribution in [2.45, 2.75) is 6.54 Å². The summed E-state index contributed by atoms with van der Waals surface area (Å²) in [6.07, 6.45) is 1.42. The second-order valence-electron chi connectivity index (χ2n) is 3.33. The van der Waals surface area contributed by atoms with Gasteiger partial charge in [-0.05, 0) is 18.2 Å². The monoisotopic (exact) mass is 252 g/mol. The van der Waals surface area contributed by atoms with Crippen molar-refractivity contribution in [3.8, 4) is 5.75 Å². The lowest BCUT2D eigenvalue weighted by Crippen LogP contribution is -2.22. The van der Waals surface area contributed by atoms with Gasteiger partial charge in [-0.3, -0.25) is 4.79 Å². The van der Waals surface area contributed by atoms with Gasteiger partial charge >= 0.3 is 0 Å². The first kappa shape index (κ1) is 11.5. The lowest BCUT2D eigenvalue weighted by Gasteiger charge is -2.05. The van der Waals surface area contributed by atoms with Crippen molar-refractivity contribution in [3.63, 3.8) is 0 Å². The molecule has 0 atom stereocenters. The molecule has 1 amide bonds. The van der Waals surface area contributed by atoms with E-state index in [0.717, 1.165) is 0 Å². The van der Waals surface area contributed by atoms with Crippen LogP contribution >= 0.6 is 11.6 Å². The molecular formula is C11H9ClN2O3. The molecule has 0 aliphatic rings. The van der Waals surface area contributed by atoms with E-state index in [4.69, 9.17) is 11.6 Å². The van der Waals surface area contributed by atoms with Crippen LogP contribution in [-0.4, -0.2) is 16.2 Å². The lowest BCUT2D eigenvalue weighted by atomic mass is 10.2. The van der Waals surface area contributed by atoms with Gasteiger partial charge in [0.05, 0.1) is 12.1 Å². The standard InChI is InChI=1S/C11H9ClN2O3/c12-7-1-2-9(10(15)5-7)11(16)13-6-8-3-4-17-14-8/h1-5,15H,6H2,(H,13,16). The second kappa shape index (κ2) is 4.88. The number of benzene rings is 1. The molecule has 2 rings (SSSR count). The van der Waals surface area contributed by atoms with Crippen molar-refractivity contribution in [2.24, 2.45) is 0 Å². The third-order valence-electron chi connectivity index (χ3n) is 2.13. The molecule has 0 radical (unpaired) electrons. The molecular weight excluding hydrogens is 244 g/mol. The Morgan fingerprint density at radius 3 is 2.94 bits per heavy atom. The molecule has 5 nitrogen and oxygen atoms in total. The maximum Gasteiger partial charge on any atom is 0.255 e. The average molecular weight is 253 g/mol. The summed E-state index contributed by atoms with van der Waals surface area (Å²) in [5.74, 6) is -0.558. The number of carbonyl (C=O) groups is 1. The third-order valence-corrected chi connectivity index (χ3v) is 2.36. The minimum absolute atomic E-state index is 0.157. The van der Waals surface area contributed by atoms with E-state index in [9.17, 15) is 9.90 Å². The van der Waals surface area contributed by atoms with Gasteiger partial charge in [-0.25, -0.2) is 0 Å². The number of phenolic OH excluding ortho intramolecular Hbond substituents is 1. The van der Waals surface area contributed by atoms with Gasteiger partial charge in [0.15, 0.2) is 0 Å². The summed E-state index contributed by atoms with van der Waals surface area (Å²) in [4.78, 5) is 11.7. The molecule has 0 bridgehead atoms. The zero-order chi connectivity index (χ0) is 12.3. The Bertz CT molecular complexity index is 526. The van der Waals surface area contributed by atoms with Crippen LogP contribution in [0.1, 0.15) is 16.1 Å². The molecule has 6 heteroatoms. The highest BCUT2D eigenvalue weighted by molar-refractivity contribution is 6.30. The van der Waals surface area contributed by atoms with Gasteiger partial charge in [0, 0.05) is 11.1 Å². The molecule has 0 aliphatic heterocycles. The summed E-state index contributed by atoms with van der Waals surface area (Å²) in [5.41, 5.74) is 0.768. The van der Waals surface area contributed by atoms with Crippen LogP contribution in [0.15, 0.2) is 35.1 Å². The first-order valence-corrected chi connectivity index (χ1v) is 5.20. The van der Waals surface area contributed by atoms with Gasteiger partial charge in [0.1, 0.15) is 17.7 Å². The Balaban J connectivity index is 2.04. The zero-order valence-electron chi connectivity index (χ0n) is 8.68. The molecule has 0 saturated heterocycles. The normalized spacial score (nSPS) is 10.2. The smallest absolute Gasteiger partial charge is 0.255 e. The predicted molar refractivity (Wildman–Crippen MR) is 60.8 cm³/mol. The first-order chi connectivity index (χ1) is 8.16. The Labute approximate surface area is 102 Å².